The molecule has 206 valence electrons. The van der Waals surface area contributed by atoms with Gasteiger partial charge in [0.1, 0.15) is 15.6 Å². The van der Waals surface area contributed by atoms with Crippen molar-refractivity contribution in [2.75, 3.05) is 18.4 Å². The van der Waals surface area contributed by atoms with E-state index in [2.05, 4.69) is 44.4 Å². The van der Waals surface area contributed by atoms with Crippen LogP contribution >= 0.6 is 45.3 Å². The van der Waals surface area contributed by atoms with Gasteiger partial charge in [0.15, 0.2) is 0 Å². The Morgan fingerprint density at radius 1 is 1.21 bits per heavy atom. The lowest BCUT2D eigenvalue weighted by Crippen LogP contribution is -2.39. The molecule has 4 aromatic rings. The first kappa shape index (κ1) is 28.0. The Balaban J connectivity index is 1.33. The molecule has 0 aliphatic carbocycles. The van der Waals surface area contributed by atoms with Crippen molar-refractivity contribution in [2.45, 2.75) is 56.9 Å². The molecule has 0 atom stereocenters. The second kappa shape index (κ2) is 11.9. The van der Waals surface area contributed by atoms with Crippen molar-refractivity contribution in [3.05, 3.63) is 52.7 Å². The number of fused-ring (bicyclic) bond motifs is 2. The van der Waals surface area contributed by atoms with Gasteiger partial charge in [-0.15, -0.1) is 22.7 Å². The highest BCUT2D eigenvalue weighted by molar-refractivity contribution is 14.1. The maximum absolute atomic E-state index is 13.0. The van der Waals surface area contributed by atoms with Crippen LogP contribution in [0.4, 0.5) is 9.80 Å². The van der Waals surface area contributed by atoms with Gasteiger partial charge in [0.05, 0.1) is 27.5 Å². The minimum absolute atomic E-state index is 0.0598. The van der Waals surface area contributed by atoms with Crippen LogP contribution < -0.4 is 10.6 Å². The number of ether oxygens (including phenoxy) is 1. The fourth-order valence-corrected chi connectivity index (χ4v) is 7.13. The molecule has 3 aromatic heterocycles. The average molecular weight is 679 g/mol. The molecule has 4 heterocycles. The van der Waals surface area contributed by atoms with E-state index in [1.54, 1.807) is 16.2 Å². The highest BCUT2D eigenvalue weighted by Gasteiger charge is 2.31. The van der Waals surface area contributed by atoms with Crippen LogP contribution in [0, 0.1) is 0 Å². The first-order valence-electron chi connectivity index (χ1n) is 12.8. The molecule has 1 aliphatic rings. The molecular formula is C27H31IN6O3S2. The summed E-state index contributed by atoms with van der Waals surface area (Å²) < 4.78 is 9.39. The Kier molecular flexibility index (Phi) is 8.55. The van der Waals surface area contributed by atoms with Crippen LogP contribution in [0.3, 0.4) is 0 Å². The van der Waals surface area contributed by atoms with E-state index in [1.165, 1.54) is 11.3 Å². The number of hydrogen-bond acceptors (Lipinski definition) is 8. The average Bonchev–Trinajstić information content (AvgIpc) is 3.61. The molecule has 0 radical (unpaired) electrons. The van der Waals surface area contributed by atoms with Crippen LogP contribution in [-0.4, -0.2) is 50.4 Å². The van der Waals surface area contributed by atoms with Crippen molar-refractivity contribution in [2.24, 2.45) is 0 Å². The lowest BCUT2D eigenvalue weighted by molar-refractivity contribution is -0.116. The largest absolute Gasteiger partial charge is 0.444 e. The summed E-state index contributed by atoms with van der Waals surface area (Å²) in [5.74, 6) is -0.0598. The van der Waals surface area contributed by atoms with Crippen LogP contribution in [0.15, 0.2) is 36.7 Å². The predicted octanol–water partition coefficient (Wildman–Crippen LogP) is 6.03. The van der Waals surface area contributed by atoms with Gasteiger partial charge < -0.3 is 20.3 Å². The molecule has 0 bridgehead atoms. The van der Waals surface area contributed by atoms with Crippen LogP contribution in [0.25, 0.3) is 20.8 Å². The van der Waals surface area contributed by atoms with Gasteiger partial charge in [0, 0.05) is 48.3 Å². The van der Waals surface area contributed by atoms with Gasteiger partial charge in [-0.25, -0.2) is 9.78 Å². The van der Waals surface area contributed by atoms with E-state index in [0.29, 0.717) is 39.0 Å². The Bertz CT molecular complexity index is 1460. The Morgan fingerprint density at radius 3 is 2.77 bits per heavy atom. The van der Waals surface area contributed by atoms with Crippen LogP contribution in [-0.2, 0) is 33.6 Å². The van der Waals surface area contributed by atoms with E-state index in [4.69, 9.17) is 9.72 Å². The highest BCUT2D eigenvalue weighted by Crippen LogP contribution is 2.45. The van der Waals surface area contributed by atoms with Crippen molar-refractivity contribution >= 4 is 72.5 Å². The summed E-state index contributed by atoms with van der Waals surface area (Å²) in [6, 6.07) is 8.06. The number of nitrogens with zero attached hydrogens (tertiary/aromatic N) is 4. The zero-order chi connectivity index (χ0) is 27.6. The smallest absolute Gasteiger partial charge is 0.410 e. The second-order valence-corrected chi connectivity index (χ2v) is 13.1. The van der Waals surface area contributed by atoms with E-state index in [9.17, 15) is 9.59 Å². The van der Waals surface area contributed by atoms with Gasteiger partial charge in [0.2, 0.25) is 5.91 Å². The zero-order valence-corrected chi connectivity index (χ0v) is 25.9. The number of rotatable bonds is 8. The maximum atomic E-state index is 13.0. The van der Waals surface area contributed by atoms with Crippen molar-refractivity contribution in [1.29, 1.82) is 0 Å². The molecular weight excluding hydrogens is 647 g/mol. The second-order valence-electron chi connectivity index (χ2n) is 10.3. The number of alkyl halides is 1. The van der Waals surface area contributed by atoms with E-state index in [-0.39, 0.29) is 12.0 Å². The van der Waals surface area contributed by atoms with Gasteiger partial charge >= 0.3 is 6.09 Å². The first-order chi connectivity index (χ1) is 18.7. The molecule has 0 saturated carbocycles. The Labute approximate surface area is 249 Å². The molecule has 1 aromatic carbocycles. The number of aromatic nitrogens is 3. The topological polar surface area (TPSA) is 101 Å². The number of thiophene rings is 1. The van der Waals surface area contributed by atoms with Crippen molar-refractivity contribution in [3.63, 3.8) is 0 Å². The molecule has 2 amide bonds. The number of thiazole rings is 1. The summed E-state index contributed by atoms with van der Waals surface area (Å²) in [7, 11) is 0. The summed E-state index contributed by atoms with van der Waals surface area (Å²) in [4.78, 5) is 33.5. The van der Waals surface area contributed by atoms with E-state index in [1.807, 2.05) is 56.0 Å². The van der Waals surface area contributed by atoms with Crippen LogP contribution in [0.2, 0.25) is 0 Å². The summed E-state index contributed by atoms with van der Waals surface area (Å²) in [5.41, 5.74) is 3.61. The molecule has 0 spiro atoms. The number of amides is 2. The van der Waals surface area contributed by atoms with Crippen molar-refractivity contribution < 1.29 is 14.3 Å². The van der Waals surface area contributed by atoms with Gasteiger partial charge in [0.25, 0.3) is 0 Å². The Morgan fingerprint density at radius 2 is 2.03 bits per heavy atom. The van der Waals surface area contributed by atoms with Gasteiger partial charge in [-0.05, 0) is 44.9 Å². The normalized spacial score (nSPS) is 13.5. The number of halogens is 1. The summed E-state index contributed by atoms with van der Waals surface area (Å²) >= 11 is 5.42. The monoisotopic (exact) mass is 678 g/mol. The number of para-hydroxylation sites is 1. The molecule has 0 fully saturated rings. The molecule has 0 saturated heterocycles. The van der Waals surface area contributed by atoms with E-state index < -0.39 is 5.60 Å². The third kappa shape index (κ3) is 6.79. The van der Waals surface area contributed by atoms with Crippen molar-refractivity contribution in [1.82, 2.24) is 25.0 Å². The minimum Gasteiger partial charge on any atom is -0.444 e. The molecule has 1 aliphatic heterocycles. The molecule has 12 heteroatoms. The standard InChI is InChI=1S/C27H31IN6O3S2/c1-27(2,3)37-26(36)33-11-9-18-21(15-33)39-25(23(18)24-31-19-6-4-5-7-20(19)38-24)32-22(35)8-10-29-12-17-13-30-34(14-17)16-28/h4-7,13-14,29H,8-12,15-16H2,1-3H3,(H,32,35). The third-order valence-corrected chi connectivity index (χ3v) is 9.02. The third-order valence-electron chi connectivity index (χ3n) is 6.14. The van der Waals surface area contributed by atoms with Crippen LogP contribution in [0.5, 0.6) is 0 Å². The number of nitrogens with one attached hydrogen (secondary N) is 2. The number of carbonyl (C=O) groups excluding carboxylic acids is 2. The van der Waals surface area contributed by atoms with Gasteiger partial charge in [-0.1, -0.05) is 34.7 Å². The Hall–Kier alpha value is -2.55. The number of hydrogen-bond donors (Lipinski definition) is 2. The molecule has 39 heavy (non-hydrogen) atoms. The number of benzene rings is 1. The molecule has 0 unspecified atom stereocenters. The quantitative estimate of drug-likeness (QED) is 0.134. The van der Waals surface area contributed by atoms with Gasteiger partial charge in [-0.2, -0.15) is 5.10 Å². The van der Waals surface area contributed by atoms with Gasteiger partial charge in [-0.3, -0.25) is 9.48 Å². The van der Waals surface area contributed by atoms with Crippen molar-refractivity contribution in [3.8, 4) is 10.6 Å². The lowest BCUT2D eigenvalue weighted by Gasteiger charge is -2.30. The highest BCUT2D eigenvalue weighted by atomic mass is 127. The molecule has 5 rings (SSSR count). The lowest BCUT2D eigenvalue weighted by atomic mass is 10.0. The fourth-order valence-electron chi connectivity index (χ4n) is 4.37. The number of carbonyl (C=O) groups is 2. The first-order valence-corrected chi connectivity index (χ1v) is 15.9. The number of anilines is 1. The van der Waals surface area contributed by atoms with Crippen LogP contribution in [0.1, 0.15) is 43.2 Å². The summed E-state index contributed by atoms with van der Waals surface area (Å²) in [5, 5.41) is 12.4. The maximum Gasteiger partial charge on any atom is 0.410 e. The summed E-state index contributed by atoms with van der Waals surface area (Å²) in [6.07, 6.45) is 4.54. The summed E-state index contributed by atoms with van der Waals surface area (Å²) in [6.45, 7) is 7.84. The zero-order valence-electron chi connectivity index (χ0n) is 22.1. The van der Waals surface area contributed by atoms with E-state index in [0.717, 1.165) is 46.3 Å². The fraction of sp³-hybridized carbons (Fsp3) is 0.407. The SMILES string of the molecule is CC(C)(C)OC(=O)N1CCc2c(sc(NC(=O)CCNCc3cnn(CI)c3)c2-c2nc3ccccc3s2)C1. The minimum atomic E-state index is -0.553. The predicted molar refractivity (Wildman–Crippen MR) is 164 cm³/mol. The van der Waals surface area contributed by atoms with E-state index >= 15 is 0 Å². The molecule has 2 N–H and O–H groups in total. The molecule has 9 nitrogen and oxygen atoms in total.